The van der Waals surface area contributed by atoms with Gasteiger partial charge >= 0.3 is 0 Å². The first kappa shape index (κ1) is 16.3. The summed E-state index contributed by atoms with van der Waals surface area (Å²) in [5.74, 6) is 1.15. The Bertz CT molecular complexity index is 467. The summed E-state index contributed by atoms with van der Waals surface area (Å²) in [6.45, 7) is 9.23. The van der Waals surface area contributed by atoms with Gasteiger partial charge in [0.25, 0.3) is 0 Å². The number of nitrogens with one attached hydrogen (secondary N) is 1. The number of halogens is 1. The molecule has 1 N–H and O–H groups in total. The number of hydrogen-bond donors (Lipinski definition) is 1. The fourth-order valence-electron chi connectivity index (χ4n) is 2.84. The van der Waals surface area contributed by atoms with Crippen LogP contribution in [0.5, 0.6) is 5.75 Å². The highest BCUT2D eigenvalue weighted by Gasteiger charge is 2.20. The first-order chi connectivity index (χ1) is 9.82. The average Bonchev–Trinajstić information content (AvgIpc) is 2.35. The van der Waals surface area contributed by atoms with Crippen LogP contribution in [0.15, 0.2) is 18.2 Å². The van der Waals surface area contributed by atoms with Crippen LogP contribution in [0.1, 0.15) is 58.9 Å². The topological polar surface area (TPSA) is 21.3 Å². The van der Waals surface area contributed by atoms with E-state index in [2.05, 4.69) is 33.0 Å². The molecule has 0 aliphatic heterocycles. The van der Waals surface area contributed by atoms with Gasteiger partial charge in [0.15, 0.2) is 0 Å². The normalized spacial score (nSPS) is 23.1. The number of ether oxygens (including phenoxy) is 1. The van der Waals surface area contributed by atoms with E-state index in [1.807, 2.05) is 6.07 Å². The van der Waals surface area contributed by atoms with E-state index in [4.69, 9.17) is 4.74 Å². The summed E-state index contributed by atoms with van der Waals surface area (Å²) in [7, 11) is 0. The Balaban J connectivity index is 2.01. The summed E-state index contributed by atoms with van der Waals surface area (Å²) in [4.78, 5) is 0. The van der Waals surface area contributed by atoms with Gasteiger partial charge in [0.2, 0.25) is 0 Å². The number of rotatable bonds is 4. The monoisotopic (exact) mass is 293 g/mol. The van der Waals surface area contributed by atoms with Crippen molar-refractivity contribution in [3.05, 3.63) is 29.6 Å². The maximum Gasteiger partial charge on any atom is 0.127 e. The number of hydrogen-bond acceptors (Lipinski definition) is 2. The molecule has 2 atom stereocenters. The van der Waals surface area contributed by atoms with Crippen LogP contribution >= 0.6 is 0 Å². The Morgan fingerprint density at radius 3 is 2.67 bits per heavy atom. The van der Waals surface area contributed by atoms with Crippen molar-refractivity contribution in [3.63, 3.8) is 0 Å². The van der Waals surface area contributed by atoms with Gasteiger partial charge in [0, 0.05) is 18.2 Å². The molecule has 1 fully saturated rings. The molecule has 0 bridgehead atoms. The third kappa shape index (κ3) is 5.66. The van der Waals surface area contributed by atoms with Crippen molar-refractivity contribution in [2.45, 2.75) is 71.6 Å². The van der Waals surface area contributed by atoms with E-state index in [9.17, 15) is 4.39 Å². The third-order valence-electron chi connectivity index (χ3n) is 3.94. The van der Waals surface area contributed by atoms with Crippen LogP contribution < -0.4 is 10.1 Å². The van der Waals surface area contributed by atoms with Crippen LogP contribution in [-0.4, -0.2) is 11.6 Å². The van der Waals surface area contributed by atoms with E-state index in [0.717, 1.165) is 18.4 Å². The highest BCUT2D eigenvalue weighted by atomic mass is 19.1. The van der Waals surface area contributed by atoms with E-state index in [0.29, 0.717) is 18.2 Å². The molecular weight excluding hydrogens is 265 g/mol. The summed E-state index contributed by atoms with van der Waals surface area (Å²) in [6.07, 6.45) is 4.88. The second kappa shape index (κ2) is 6.78. The minimum absolute atomic E-state index is 0.0200. The van der Waals surface area contributed by atoms with Crippen LogP contribution in [0.3, 0.4) is 0 Å². The Hall–Kier alpha value is -1.09. The molecule has 2 rings (SSSR count). The maximum absolute atomic E-state index is 13.8. The van der Waals surface area contributed by atoms with Gasteiger partial charge in [-0.2, -0.15) is 0 Å². The average molecular weight is 293 g/mol. The molecule has 1 aromatic carbocycles. The molecule has 1 saturated carbocycles. The van der Waals surface area contributed by atoms with Gasteiger partial charge < -0.3 is 10.1 Å². The quantitative estimate of drug-likeness (QED) is 0.871. The van der Waals surface area contributed by atoms with Gasteiger partial charge in [-0.3, -0.25) is 0 Å². The van der Waals surface area contributed by atoms with Crippen molar-refractivity contribution in [1.82, 2.24) is 5.32 Å². The lowest BCUT2D eigenvalue weighted by atomic mass is 9.89. The molecular formula is C18H28FNO. The largest absolute Gasteiger partial charge is 0.490 e. The molecule has 0 amide bonds. The summed E-state index contributed by atoms with van der Waals surface area (Å²) in [5, 5.41) is 3.38. The Kier molecular flexibility index (Phi) is 5.26. The third-order valence-corrected chi connectivity index (χ3v) is 3.94. The van der Waals surface area contributed by atoms with Crippen LogP contribution in [0.4, 0.5) is 4.39 Å². The molecule has 2 unspecified atom stereocenters. The predicted molar refractivity (Wildman–Crippen MR) is 85.0 cm³/mol. The van der Waals surface area contributed by atoms with E-state index in [1.165, 1.54) is 18.9 Å². The van der Waals surface area contributed by atoms with E-state index >= 15 is 0 Å². The van der Waals surface area contributed by atoms with Crippen molar-refractivity contribution in [2.24, 2.45) is 5.92 Å². The first-order valence-corrected chi connectivity index (χ1v) is 8.03. The fraction of sp³-hybridized carbons (Fsp3) is 0.667. The van der Waals surface area contributed by atoms with E-state index in [1.54, 1.807) is 6.07 Å². The van der Waals surface area contributed by atoms with Crippen molar-refractivity contribution in [1.29, 1.82) is 0 Å². The summed E-state index contributed by atoms with van der Waals surface area (Å²) < 4.78 is 19.8. The highest BCUT2D eigenvalue weighted by Crippen LogP contribution is 2.28. The molecule has 0 spiro atoms. The van der Waals surface area contributed by atoms with Crippen LogP contribution in [0.25, 0.3) is 0 Å². The zero-order valence-corrected chi connectivity index (χ0v) is 13.7. The molecule has 1 aromatic rings. The predicted octanol–water partition coefficient (Wildman–Crippen LogP) is 4.67. The molecule has 0 heterocycles. The second-order valence-electron chi connectivity index (χ2n) is 7.41. The second-order valence-corrected chi connectivity index (χ2v) is 7.41. The van der Waals surface area contributed by atoms with Crippen molar-refractivity contribution < 1.29 is 9.13 Å². The highest BCUT2D eigenvalue weighted by molar-refractivity contribution is 5.30. The lowest BCUT2D eigenvalue weighted by Crippen LogP contribution is -2.35. The van der Waals surface area contributed by atoms with Crippen LogP contribution in [0, 0.1) is 11.7 Å². The summed E-state index contributed by atoms with van der Waals surface area (Å²) in [5.41, 5.74) is 0.954. The molecule has 1 aliphatic carbocycles. The van der Waals surface area contributed by atoms with Crippen molar-refractivity contribution >= 4 is 0 Å². The fourth-order valence-corrected chi connectivity index (χ4v) is 2.84. The van der Waals surface area contributed by atoms with Gasteiger partial charge in [-0.05, 0) is 63.6 Å². The van der Waals surface area contributed by atoms with Crippen LogP contribution in [-0.2, 0) is 6.54 Å². The SMILES string of the molecule is CC1CCCC(Oc2cc(F)cc(CNC(C)(C)C)c2)C1. The molecule has 0 saturated heterocycles. The number of benzene rings is 1. The van der Waals surface area contributed by atoms with E-state index < -0.39 is 0 Å². The molecule has 3 heteroatoms. The van der Waals surface area contributed by atoms with Crippen molar-refractivity contribution in [2.75, 3.05) is 0 Å². The van der Waals surface area contributed by atoms with Gasteiger partial charge in [-0.1, -0.05) is 13.3 Å². The Morgan fingerprint density at radius 2 is 2.00 bits per heavy atom. The van der Waals surface area contributed by atoms with E-state index in [-0.39, 0.29) is 17.5 Å². The molecule has 21 heavy (non-hydrogen) atoms. The van der Waals surface area contributed by atoms with Crippen molar-refractivity contribution in [3.8, 4) is 5.75 Å². The van der Waals surface area contributed by atoms with Gasteiger partial charge in [-0.15, -0.1) is 0 Å². The maximum atomic E-state index is 13.8. The molecule has 0 aromatic heterocycles. The zero-order valence-electron chi connectivity index (χ0n) is 13.7. The minimum Gasteiger partial charge on any atom is -0.490 e. The molecule has 118 valence electrons. The smallest absolute Gasteiger partial charge is 0.127 e. The Morgan fingerprint density at radius 1 is 1.24 bits per heavy atom. The minimum atomic E-state index is -0.220. The Labute approximate surface area is 128 Å². The molecule has 1 aliphatic rings. The standard InChI is InChI=1S/C18H28FNO/c1-13-6-5-7-16(8-13)21-17-10-14(9-15(19)11-17)12-20-18(2,3)4/h9-11,13,16,20H,5-8,12H2,1-4H3. The van der Waals surface area contributed by atoms with Gasteiger partial charge in [0.05, 0.1) is 6.10 Å². The van der Waals surface area contributed by atoms with Crippen LogP contribution in [0.2, 0.25) is 0 Å². The first-order valence-electron chi connectivity index (χ1n) is 8.03. The lowest BCUT2D eigenvalue weighted by Gasteiger charge is -2.27. The lowest BCUT2D eigenvalue weighted by molar-refractivity contribution is 0.128. The summed E-state index contributed by atoms with van der Waals surface area (Å²) in [6, 6.07) is 5.04. The van der Waals surface area contributed by atoms with Gasteiger partial charge in [0.1, 0.15) is 11.6 Å². The van der Waals surface area contributed by atoms with Gasteiger partial charge in [-0.25, -0.2) is 4.39 Å². The molecule has 2 nitrogen and oxygen atoms in total. The summed E-state index contributed by atoms with van der Waals surface area (Å²) >= 11 is 0. The molecule has 0 radical (unpaired) electrons. The zero-order chi connectivity index (χ0) is 15.5.